The third-order valence-electron chi connectivity index (χ3n) is 7.37. The molecular weight excluding hydrogens is 580 g/mol. The van der Waals surface area contributed by atoms with Crippen LogP contribution in [-0.4, -0.2) is 65.6 Å². The van der Waals surface area contributed by atoms with Crippen molar-refractivity contribution in [1.82, 2.24) is 15.2 Å². The SMILES string of the molecule is Cc1cc(CC2CN(C(=O)OC(C)(C)C)CC2OCCNCc2ccccc2)nc(N(Cc2ccccc2)C(=O)OC(C)(C)C)c1. The lowest BCUT2D eigenvalue weighted by Gasteiger charge is -2.27. The zero-order valence-corrected chi connectivity index (χ0v) is 28.4. The average Bonchev–Trinajstić information content (AvgIpc) is 3.37. The van der Waals surface area contributed by atoms with Gasteiger partial charge >= 0.3 is 12.2 Å². The van der Waals surface area contributed by atoms with Crippen molar-refractivity contribution >= 4 is 18.0 Å². The molecule has 9 nitrogen and oxygen atoms in total. The summed E-state index contributed by atoms with van der Waals surface area (Å²) in [5.41, 5.74) is 2.73. The lowest BCUT2D eigenvalue weighted by molar-refractivity contribution is 0.0186. The van der Waals surface area contributed by atoms with Crippen LogP contribution in [-0.2, 0) is 33.7 Å². The van der Waals surface area contributed by atoms with Gasteiger partial charge in [0.1, 0.15) is 17.0 Å². The molecule has 0 radical (unpaired) electrons. The first-order chi connectivity index (χ1) is 21.8. The molecule has 1 saturated heterocycles. The molecule has 248 valence electrons. The van der Waals surface area contributed by atoms with Crippen LogP contribution in [0.25, 0.3) is 0 Å². The van der Waals surface area contributed by atoms with E-state index in [0.717, 1.165) is 23.4 Å². The number of aromatic nitrogens is 1. The maximum Gasteiger partial charge on any atom is 0.416 e. The Morgan fingerprint density at radius 3 is 2.15 bits per heavy atom. The summed E-state index contributed by atoms with van der Waals surface area (Å²) in [5.74, 6) is 0.519. The van der Waals surface area contributed by atoms with Crippen LogP contribution in [0.3, 0.4) is 0 Å². The molecular formula is C37H50N4O5. The van der Waals surface area contributed by atoms with Crippen molar-refractivity contribution in [2.75, 3.05) is 31.1 Å². The number of pyridine rings is 1. The molecule has 1 aliphatic rings. The number of hydrogen-bond acceptors (Lipinski definition) is 7. The summed E-state index contributed by atoms with van der Waals surface area (Å²) in [4.78, 5) is 34.8. The number of nitrogens with zero attached hydrogens (tertiary/aromatic N) is 3. The van der Waals surface area contributed by atoms with Gasteiger partial charge < -0.3 is 24.4 Å². The zero-order valence-electron chi connectivity index (χ0n) is 28.4. The molecule has 0 saturated carbocycles. The Bertz CT molecular complexity index is 1420. The molecule has 0 bridgehead atoms. The number of carbonyl (C=O) groups excluding carboxylic acids is 2. The summed E-state index contributed by atoms with van der Waals surface area (Å²) >= 11 is 0. The minimum Gasteiger partial charge on any atom is -0.444 e. The zero-order chi connectivity index (χ0) is 33.3. The standard InChI is InChI=1S/C37H50N4O5/c1-27-20-31(39-33(21-27)41(35(43)46-37(5,6)7)24-29-16-12-9-13-17-29)22-30-25-40(34(42)45-36(2,3)4)26-32(30)44-19-18-38-23-28-14-10-8-11-15-28/h8-17,20-21,30,32,38H,18-19,22-26H2,1-7H3. The van der Waals surface area contributed by atoms with Gasteiger partial charge in [0.25, 0.3) is 0 Å². The van der Waals surface area contributed by atoms with E-state index in [1.165, 1.54) is 5.56 Å². The molecule has 9 heteroatoms. The molecule has 3 aromatic rings. The van der Waals surface area contributed by atoms with Gasteiger partial charge in [-0.2, -0.15) is 0 Å². The van der Waals surface area contributed by atoms with Crippen LogP contribution in [0, 0.1) is 12.8 Å². The molecule has 2 heterocycles. The molecule has 2 unspecified atom stereocenters. The van der Waals surface area contributed by atoms with Gasteiger partial charge in [-0.25, -0.2) is 14.6 Å². The molecule has 1 N–H and O–H groups in total. The third kappa shape index (κ3) is 11.1. The maximum absolute atomic E-state index is 13.5. The topological polar surface area (TPSA) is 93.2 Å². The Morgan fingerprint density at radius 2 is 1.52 bits per heavy atom. The van der Waals surface area contributed by atoms with Crippen molar-refractivity contribution in [3.05, 3.63) is 95.2 Å². The van der Waals surface area contributed by atoms with E-state index in [1.807, 2.05) is 109 Å². The number of amides is 2. The highest BCUT2D eigenvalue weighted by atomic mass is 16.6. The first-order valence-corrected chi connectivity index (χ1v) is 16.1. The largest absolute Gasteiger partial charge is 0.444 e. The van der Waals surface area contributed by atoms with E-state index >= 15 is 0 Å². The molecule has 1 aromatic heterocycles. The molecule has 46 heavy (non-hydrogen) atoms. The van der Waals surface area contributed by atoms with Gasteiger partial charge in [0.2, 0.25) is 0 Å². The molecule has 0 aliphatic carbocycles. The van der Waals surface area contributed by atoms with Gasteiger partial charge in [-0.05, 0) is 83.7 Å². The predicted octanol–water partition coefficient (Wildman–Crippen LogP) is 6.92. The Labute approximate surface area is 274 Å². The number of benzene rings is 2. The van der Waals surface area contributed by atoms with Crippen LogP contribution in [0.2, 0.25) is 0 Å². The number of nitrogens with one attached hydrogen (secondary N) is 1. The van der Waals surface area contributed by atoms with Crippen molar-refractivity contribution in [3.63, 3.8) is 0 Å². The van der Waals surface area contributed by atoms with Crippen molar-refractivity contribution in [2.24, 2.45) is 5.92 Å². The number of likely N-dealkylation sites (tertiary alicyclic amines) is 1. The Kier molecular flexibility index (Phi) is 11.8. The summed E-state index contributed by atoms with van der Waals surface area (Å²) < 4.78 is 17.9. The molecule has 4 rings (SSSR count). The Balaban J connectivity index is 1.51. The lowest BCUT2D eigenvalue weighted by atomic mass is 9.98. The van der Waals surface area contributed by atoms with Crippen LogP contribution >= 0.6 is 0 Å². The second kappa shape index (κ2) is 15.6. The van der Waals surface area contributed by atoms with Gasteiger partial charge in [0, 0.05) is 31.2 Å². The average molecular weight is 631 g/mol. The van der Waals surface area contributed by atoms with Crippen molar-refractivity contribution in [1.29, 1.82) is 0 Å². The molecule has 2 atom stereocenters. The van der Waals surface area contributed by atoms with Crippen LogP contribution in [0.1, 0.15) is 63.9 Å². The van der Waals surface area contributed by atoms with E-state index in [0.29, 0.717) is 45.0 Å². The van der Waals surface area contributed by atoms with E-state index < -0.39 is 17.3 Å². The van der Waals surface area contributed by atoms with Crippen LogP contribution in [0.5, 0.6) is 0 Å². The Hall–Kier alpha value is -3.95. The fraction of sp³-hybridized carbons (Fsp3) is 0.486. The van der Waals surface area contributed by atoms with Crippen LogP contribution < -0.4 is 10.2 Å². The summed E-state index contributed by atoms with van der Waals surface area (Å²) in [6.07, 6.45) is -0.420. The van der Waals surface area contributed by atoms with Gasteiger partial charge in [-0.1, -0.05) is 60.7 Å². The number of carbonyl (C=O) groups is 2. The van der Waals surface area contributed by atoms with Crippen molar-refractivity contribution < 1.29 is 23.8 Å². The van der Waals surface area contributed by atoms with E-state index in [-0.39, 0.29) is 18.1 Å². The number of ether oxygens (including phenoxy) is 3. The normalized spacial score (nSPS) is 16.7. The fourth-order valence-electron chi connectivity index (χ4n) is 5.37. The molecule has 2 aromatic carbocycles. The molecule has 1 fully saturated rings. The van der Waals surface area contributed by atoms with Crippen LogP contribution in [0.4, 0.5) is 15.4 Å². The monoisotopic (exact) mass is 630 g/mol. The second-order valence-electron chi connectivity index (χ2n) is 14.0. The first kappa shape index (κ1) is 34.9. The van der Waals surface area contributed by atoms with Gasteiger partial charge in [-0.15, -0.1) is 0 Å². The highest BCUT2D eigenvalue weighted by Gasteiger charge is 2.38. The quantitative estimate of drug-likeness (QED) is 0.230. The Morgan fingerprint density at radius 1 is 0.891 bits per heavy atom. The predicted molar refractivity (Wildman–Crippen MR) is 181 cm³/mol. The number of hydrogen-bond donors (Lipinski definition) is 1. The van der Waals surface area contributed by atoms with E-state index in [4.69, 9.17) is 19.2 Å². The smallest absolute Gasteiger partial charge is 0.416 e. The third-order valence-corrected chi connectivity index (χ3v) is 7.37. The number of rotatable bonds is 11. The first-order valence-electron chi connectivity index (χ1n) is 16.1. The fourth-order valence-corrected chi connectivity index (χ4v) is 5.37. The van der Waals surface area contributed by atoms with Gasteiger partial charge in [0.15, 0.2) is 0 Å². The van der Waals surface area contributed by atoms with Gasteiger partial charge in [-0.3, -0.25) is 4.90 Å². The number of anilines is 1. The highest BCUT2D eigenvalue weighted by molar-refractivity contribution is 5.86. The molecule has 2 amide bonds. The highest BCUT2D eigenvalue weighted by Crippen LogP contribution is 2.28. The maximum atomic E-state index is 13.5. The summed E-state index contributed by atoms with van der Waals surface area (Å²) in [6, 6.07) is 24.0. The van der Waals surface area contributed by atoms with E-state index in [2.05, 4.69) is 17.4 Å². The van der Waals surface area contributed by atoms with Gasteiger partial charge in [0.05, 0.1) is 25.8 Å². The minimum absolute atomic E-state index is 0.00658. The van der Waals surface area contributed by atoms with Crippen LogP contribution in [0.15, 0.2) is 72.8 Å². The second-order valence-corrected chi connectivity index (χ2v) is 14.0. The molecule has 1 aliphatic heterocycles. The number of aryl methyl sites for hydroxylation is 1. The summed E-state index contributed by atoms with van der Waals surface area (Å²) in [5, 5.41) is 3.44. The van der Waals surface area contributed by atoms with E-state index in [9.17, 15) is 9.59 Å². The van der Waals surface area contributed by atoms with Crippen molar-refractivity contribution in [2.45, 2.75) is 85.3 Å². The van der Waals surface area contributed by atoms with E-state index in [1.54, 1.807) is 9.80 Å². The van der Waals surface area contributed by atoms with Crippen molar-refractivity contribution in [3.8, 4) is 0 Å². The minimum atomic E-state index is -0.659. The summed E-state index contributed by atoms with van der Waals surface area (Å²) in [7, 11) is 0. The lowest BCUT2D eigenvalue weighted by Crippen LogP contribution is -2.37. The summed E-state index contributed by atoms with van der Waals surface area (Å²) in [6.45, 7) is 16.4. The molecule has 0 spiro atoms.